The minimum absolute atomic E-state index is 0.0885. The van der Waals surface area contributed by atoms with Crippen LogP contribution in [0.25, 0.3) is 0 Å². The molecule has 1 aromatic rings. The summed E-state index contributed by atoms with van der Waals surface area (Å²) in [5.74, 6) is 0. The van der Waals surface area contributed by atoms with Gasteiger partial charge in [-0.05, 0) is 24.6 Å². The molecule has 0 saturated carbocycles. The summed E-state index contributed by atoms with van der Waals surface area (Å²) in [6, 6.07) is 6.08. The lowest BCUT2D eigenvalue weighted by Crippen LogP contribution is -2.27. The number of hydrogen-bond acceptors (Lipinski definition) is 2. The molecular weight excluding hydrogens is 254 g/mol. The molecule has 0 aliphatic carbocycles. The molecule has 0 bridgehead atoms. The molecule has 15 heavy (non-hydrogen) atoms. The lowest BCUT2D eigenvalue weighted by Gasteiger charge is -2.23. The summed E-state index contributed by atoms with van der Waals surface area (Å²) in [7, 11) is 0. The molecule has 0 saturated heterocycles. The van der Waals surface area contributed by atoms with Crippen molar-refractivity contribution < 1.29 is 5.11 Å². The van der Waals surface area contributed by atoms with E-state index in [9.17, 15) is 0 Å². The van der Waals surface area contributed by atoms with E-state index < -0.39 is 0 Å². The second-order valence-corrected chi connectivity index (χ2v) is 5.44. The Balaban J connectivity index is 2.70. The first-order valence-corrected chi connectivity index (χ1v) is 5.85. The van der Waals surface area contributed by atoms with Crippen LogP contribution in [0.15, 0.2) is 22.7 Å². The maximum atomic E-state index is 9.15. The molecule has 0 radical (unpaired) electrons. The lowest BCUT2D eigenvalue weighted by atomic mass is 9.95. The number of rotatable bonds is 4. The highest BCUT2D eigenvalue weighted by molar-refractivity contribution is 9.10. The highest BCUT2D eigenvalue weighted by atomic mass is 79.9. The molecule has 0 aliphatic heterocycles. The Morgan fingerprint density at radius 3 is 2.67 bits per heavy atom. The SMILES string of the molecule is Cc1c(Br)cccc1NCC(C)(C)CO. The Hall–Kier alpha value is -0.540. The third-order valence-corrected chi connectivity index (χ3v) is 3.31. The van der Waals surface area contributed by atoms with Crippen molar-refractivity contribution in [3.8, 4) is 0 Å². The molecule has 0 unspecified atom stereocenters. The standard InChI is InChI=1S/C12H18BrNO/c1-9-10(13)5-4-6-11(9)14-7-12(2,3)8-15/h4-6,14-15H,7-8H2,1-3H3. The van der Waals surface area contributed by atoms with Gasteiger partial charge < -0.3 is 10.4 Å². The fourth-order valence-electron chi connectivity index (χ4n) is 1.19. The zero-order valence-electron chi connectivity index (χ0n) is 9.47. The van der Waals surface area contributed by atoms with Crippen molar-refractivity contribution in [2.24, 2.45) is 5.41 Å². The summed E-state index contributed by atoms with van der Waals surface area (Å²) in [5.41, 5.74) is 2.23. The molecule has 3 heteroatoms. The number of aliphatic hydroxyl groups excluding tert-OH is 1. The molecule has 0 atom stereocenters. The summed E-state index contributed by atoms with van der Waals surface area (Å²) in [6.45, 7) is 7.09. The Bertz CT molecular complexity index is 336. The zero-order chi connectivity index (χ0) is 11.5. The van der Waals surface area contributed by atoms with Crippen LogP contribution in [-0.4, -0.2) is 18.3 Å². The van der Waals surface area contributed by atoms with Gasteiger partial charge in [-0.25, -0.2) is 0 Å². The van der Waals surface area contributed by atoms with E-state index in [0.717, 1.165) is 16.7 Å². The minimum atomic E-state index is -0.0885. The Morgan fingerprint density at radius 2 is 2.07 bits per heavy atom. The third-order valence-electron chi connectivity index (χ3n) is 2.45. The molecule has 0 fully saturated rings. The number of halogens is 1. The van der Waals surface area contributed by atoms with Gasteiger partial charge in [0.1, 0.15) is 0 Å². The van der Waals surface area contributed by atoms with Crippen LogP contribution in [0, 0.1) is 12.3 Å². The van der Waals surface area contributed by atoms with Crippen LogP contribution in [0.4, 0.5) is 5.69 Å². The molecule has 1 rings (SSSR count). The molecule has 2 N–H and O–H groups in total. The molecule has 84 valence electrons. The third kappa shape index (κ3) is 3.50. The zero-order valence-corrected chi connectivity index (χ0v) is 11.1. The van der Waals surface area contributed by atoms with E-state index in [4.69, 9.17) is 5.11 Å². The average Bonchev–Trinajstić information content (AvgIpc) is 2.20. The first-order chi connectivity index (χ1) is 6.96. The fourth-order valence-corrected chi connectivity index (χ4v) is 1.56. The predicted molar refractivity (Wildman–Crippen MR) is 68.2 cm³/mol. The van der Waals surface area contributed by atoms with Crippen LogP contribution in [0.5, 0.6) is 0 Å². The van der Waals surface area contributed by atoms with Crippen molar-refractivity contribution in [3.63, 3.8) is 0 Å². The Morgan fingerprint density at radius 1 is 1.40 bits per heavy atom. The second-order valence-electron chi connectivity index (χ2n) is 4.59. The van der Waals surface area contributed by atoms with Gasteiger partial charge in [-0.3, -0.25) is 0 Å². The molecule has 0 spiro atoms. The van der Waals surface area contributed by atoms with Crippen LogP contribution >= 0.6 is 15.9 Å². The fraction of sp³-hybridized carbons (Fsp3) is 0.500. The highest BCUT2D eigenvalue weighted by Crippen LogP contribution is 2.24. The highest BCUT2D eigenvalue weighted by Gasteiger charge is 2.16. The van der Waals surface area contributed by atoms with Gasteiger partial charge in [0.25, 0.3) is 0 Å². The van der Waals surface area contributed by atoms with Crippen LogP contribution in [0.3, 0.4) is 0 Å². The van der Waals surface area contributed by atoms with Crippen LogP contribution in [-0.2, 0) is 0 Å². The van der Waals surface area contributed by atoms with Gasteiger partial charge in [-0.15, -0.1) is 0 Å². The van der Waals surface area contributed by atoms with E-state index >= 15 is 0 Å². The maximum Gasteiger partial charge on any atom is 0.0498 e. The van der Waals surface area contributed by atoms with E-state index in [1.54, 1.807) is 0 Å². The van der Waals surface area contributed by atoms with Crippen LogP contribution < -0.4 is 5.32 Å². The summed E-state index contributed by atoms with van der Waals surface area (Å²) < 4.78 is 1.11. The summed E-state index contributed by atoms with van der Waals surface area (Å²) >= 11 is 3.49. The molecule has 0 amide bonds. The first-order valence-electron chi connectivity index (χ1n) is 5.06. The molecule has 0 heterocycles. The molecule has 0 aliphatic rings. The van der Waals surface area contributed by atoms with Gasteiger partial charge in [-0.2, -0.15) is 0 Å². The van der Waals surface area contributed by atoms with Crippen molar-refractivity contribution in [2.45, 2.75) is 20.8 Å². The van der Waals surface area contributed by atoms with E-state index in [1.807, 2.05) is 32.0 Å². The number of hydrogen-bond donors (Lipinski definition) is 2. The number of benzene rings is 1. The summed E-state index contributed by atoms with van der Waals surface area (Å²) in [5, 5.41) is 12.5. The Labute approximate surface area is 99.8 Å². The van der Waals surface area contributed by atoms with Gasteiger partial charge in [0.2, 0.25) is 0 Å². The number of anilines is 1. The lowest BCUT2D eigenvalue weighted by molar-refractivity contribution is 0.171. The Kier molecular flexibility index (Phi) is 4.17. The largest absolute Gasteiger partial charge is 0.396 e. The van der Waals surface area contributed by atoms with E-state index in [2.05, 4.69) is 28.2 Å². The molecule has 2 nitrogen and oxygen atoms in total. The second kappa shape index (κ2) is 4.99. The van der Waals surface area contributed by atoms with Gasteiger partial charge >= 0.3 is 0 Å². The van der Waals surface area contributed by atoms with Gasteiger partial charge in [-0.1, -0.05) is 35.8 Å². The van der Waals surface area contributed by atoms with E-state index in [-0.39, 0.29) is 12.0 Å². The number of nitrogens with one attached hydrogen (secondary N) is 1. The monoisotopic (exact) mass is 271 g/mol. The number of aliphatic hydroxyl groups is 1. The first kappa shape index (κ1) is 12.5. The topological polar surface area (TPSA) is 32.3 Å². The van der Waals surface area contributed by atoms with Crippen molar-refractivity contribution in [2.75, 3.05) is 18.5 Å². The van der Waals surface area contributed by atoms with E-state index in [1.165, 1.54) is 5.56 Å². The van der Waals surface area contributed by atoms with Crippen molar-refractivity contribution in [1.82, 2.24) is 0 Å². The van der Waals surface area contributed by atoms with Crippen LogP contribution in [0.1, 0.15) is 19.4 Å². The average molecular weight is 272 g/mol. The quantitative estimate of drug-likeness (QED) is 0.882. The molecule has 1 aromatic carbocycles. The summed E-state index contributed by atoms with van der Waals surface area (Å²) in [6.07, 6.45) is 0. The van der Waals surface area contributed by atoms with Gasteiger partial charge in [0.05, 0.1) is 0 Å². The minimum Gasteiger partial charge on any atom is -0.396 e. The normalized spacial score (nSPS) is 11.5. The van der Waals surface area contributed by atoms with Gasteiger partial charge in [0, 0.05) is 28.7 Å². The van der Waals surface area contributed by atoms with Crippen molar-refractivity contribution >= 4 is 21.6 Å². The van der Waals surface area contributed by atoms with Crippen LogP contribution in [0.2, 0.25) is 0 Å². The molecule has 0 aromatic heterocycles. The van der Waals surface area contributed by atoms with Gasteiger partial charge in [0.15, 0.2) is 0 Å². The predicted octanol–water partition coefficient (Wildman–Crippen LogP) is 3.19. The van der Waals surface area contributed by atoms with Crippen molar-refractivity contribution in [3.05, 3.63) is 28.2 Å². The summed E-state index contributed by atoms with van der Waals surface area (Å²) in [4.78, 5) is 0. The maximum absolute atomic E-state index is 9.15. The van der Waals surface area contributed by atoms with E-state index in [0.29, 0.717) is 0 Å². The molecular formula is C12H18BrNO. The smallest absolute Gasteiger partial charge is 0.0498 e. The van der Waals surface area contributed by atoms with Crippen molar-refractivity contribution in [1.29, 1.82) is 0 Å².